The van der Waals surface area contributed by atoms with E-state index in [2.05, 4.69) is 0 Å². The Bertz CT molecular complexity index is 338. The van der Waals surface area contributed by atoms with Gasteiger partial charge in [-0.1, -0.05) is 6.92 Å². The average Bonchev–Trinajstić information content (AvgIpc) is 2.21. The Kier molecular flexibility index (Phi) is 3.35. The summed E-state index contributed by atoms with van der Waals surface area (Å²) in [6, 6.07) is 6.11. The van der Waals surface area contributed by atoms with E-state index < -0.39 is 5.41 Å². The molecule has 0 aliphatic rings. The third kappa shape index (κ3) is 2.98. The topological polar surface area (TPSA) is 46.5 Å². The van der Waals surface area contributed by atoms with E-state index in [9.17, 15) is 4.79 Å². The lowest BCUT2D eigenvalue weighted by Gasteiger charge is -2.19. The number of aromatic hydroxyl groups is 1. The summed E-state index contributed by atoms with van der Waals surface area (Å²) in [6.07, 6.45) is 0.726. The highest BCUT2D eigenvalue weighted by atomic mass is 16.5. The number of rotatable bonds is 3. The van der Waals surface area contributed by atoms with Crippen molar-refractivity contribution in [2.75, 3.05) is 0 Å². The van der Waals surface area contributed by atoms with Crippen LogP contribution in [0.25, 0.3) is 0 Å². The summed E-state index contributed by atoms with van der Waals surface area (Å²) in [5.74, 6) is 0.361. The summed E-state index contributed by atoms with van der Waals surface area (Å²) in [4.78, 5) is 11.7. The first-order valence-electron chi connectivity index (χ1n) is 4.97. The first-order chi connectivity index (χ1) is 6.95. The Hall–Kier alpha value is -1.51. The first-order valence-corrected chi connectivity index (χ1v) is 4.97. The van der Waals surface area contributed by atoms with Crippen molar-refractivity contribution < 1.29 is 14.6 Å². The molecule has 3 nitrogen and oxygen atoms in total. The lowest BCUT2D eigenvalue weighted by molar-refractivity contribution is -0.144. The highest BCUT2D eigenvalue weighted by Gasteiger charge is 2.27. The molecule has 0 fully saturated rings. The zero-order chi connectivity index (χ0) is 11.5. The molecule has 0 radical (unpaired) electrons. The number of phenols is 1. The molecule has 1 rings (SSSR count). The molecular formula is C12H16O3. The van der Waals surface area contributed by atoms with Gasteiger partial charge >= 0.3 is 5.97 Å². The molecule has 0 heterocycles. The molecule has 0 aromatic heterocycles. The average molecular weight is 208 g/mol. The minimum Gasteiger partial charge on any atom is -0.508 e. The van der Waals surface area contributed by atoms with Crippen molar-refractivity contribution in [3.8, 4) is 11.5 Å². The lowest BCUT2D eigenvalue weighted by atomic mass is 9.91. The first kappa shape index (κ1) is 11.6. The van der Waals surface area contributed by atoms with Crippen LogP contribution in [-0.2, 0) is 4.79 Å². The van der Waals surface area contributed by atoms with E-state index in [1.165, 1.54) is 12.1 Å². The van der Waals surface area contributed by atoms with Crippen LogP contribution >= 0.6 is 0 Å². The Morgan fingerprint density at radius 1 is 1.33 bits per heavy atom. The van der Waals surface area contributed by atoms with Gasteiger partial charge in [0.05, 0.1) is 5.41 Å². The smallest absolute Gasteiger partial charge is 0.316 e. The number of carbonyl (C=O) groups excluding carboxylic acids is 1. The summed E-state index contributed by atoms with van der Waals surface area (Å²) in [5, 5.41) is 9.06. The Morgan fingerprint density at radius 2 is 1.87 bits per heavy atom. The van der Waals surface area contributed by atoms with Crippen molar-refractivity contribution >= 4 is 5.97 Å². The van der Waals surface area contributed by atoms with Gasteiger partial charge in [0.25, 0.3) is 0 Å². The van der Waals surface area contributed by atoms with Crippen molar-refractivity contribution in [3.05, 3.63) is 24.3 Å². The van der Waals surface area contributed by atoms with Gasteiger partial charge in [0.15, 0.2) is 0 Å². The minimum atomic E-state index is -0.474. The van der Waals surface area contributed by atoms with Crippen molar-refractivity contribution in [2.45, 2.75) is 27.2 Å². The van der Waals surface area contributed by atoms with Crippen LogP contribution in [0.2, 0.25) is 0 Å². The van der Waals surface area contributed by atoms with Gasteiger partial charge in [-0.2, -0.15) is 0 Å². The van der Waals surface area contributed by atoms with E-state index in [1.54, 1.807) is 12.1 Å². The van der Waals surface area contributed by atoms with E-state index in [4.69, 9.17) is 9.84 Å². The monoisotopic (exact) mass is 208 g/mol. The third-order valence-electron chi connectivity index (χ3n) is 2.48. The molecular weight excluding hydrogens is 192 g/mol. The summed E-state index contributed by atoms with van der Waals surface area (Å²) in [7, 11) is 0. The SMILES string of the molecule is CCC(C)(C)C(=O)Oc1ccc(O)cc1. The molecule has 0 unspecified atom stereocenters. The Balaban J connectivity index is 2.71. The fourth-order valence-corrected chi connectivity index (χ4v) is 0.904. The van der Waals surface area contributed by atoms with Crippen LogP contribution in [-0.4, -0.2) is 11.1 Å². The predicted octanol–water partition coefficient (Wildman–Crippen LogP) is 2.73. The lowest BCUT2D eigenvalue weighted by Crippen LogP contribution is -2.28. The molecule has 1 N–H and O–H groups in total. The number of phenolic OH excluding ortho intramolecular Hbond substituents is 1. The van der Waals surface area contributed by atoms with Crippen LogP contribution in [0, 0.1) is 5.41 Å². The zero-order valence-corrected chi connectivity index (χ0v) is 9.28. The number of esters is 1. The molecule has 0 spiro atoms. The van der Waals surface area contributed by atoms with E-state index in [0.717, 1.165) is 6.42 Å². The second-order valence-electron chi connectivity index (χ2n) is 4.12. The van der Waals surface area contributed by atoms with Gasteiger partial charge in [-0.05, 0) is 44.5 Å². The molecule has 0 aliphatic heterocycles. The summed E-state index contributed by atoms with van der Waals surface area (Å²) < 4.78 is 5.18. The van der Waals surface area contributed by atoms with E-state index >= 15 is 0 Å². The normalized spacial score (nSPS) is 11.1. The molecule has 1 aromatic carbocycles. The molecule has 82 valence electrons. The van der Waals surface area contributed by atoms with Gasteiger partial charge in [0, 0.05) is 0 Å². The number of carbonyl (C=O) groups is 1. The highest BCUT2D eigenvalue weighted by Crippen LogP contribution is 2.24. The molecule has 0 aliphatic carbocycles. The van der Waals surface area contributed by atoms with E-state index in [-0.39, 0.29) is 11.7 Å². The van der Waals surface area contributed by atoms with Crippen LogP contribution in [0.15, 0.2) is 24.3 Å². The molecule has 0 bridgehead atoms. The predicted molar refractivity (Wildman–Crippen MR) is 57.8 cm³/mol. The van der Waals surface area contributed by atoms with Crippen LogP contribution in [0.1, 0.15) is 27.2 Å². The van der Waals surface area contributed by atoms with Gasteiger partial charge in [0.1, 0.15) is 11.5 Å². The van der Waals surface area contributed by atoms with Crippen molar-refractivity contribution in [2.24, 2.45) is 5.41 Å². The number of ether oxygens (including phenoxy) is 1. The fraction of sp³-hybridized carbons (Fsp3) is 0.417. The van der Waals surface area contributed by atoms with E-state index in [1.807, 2.05) is 20.8 Å². The Labute approximate surface area is 89.7 Å². The van der Waals surface area contributed by atoms with Crippen LogP contribution in [0.5, 0.6) is 11.5 Å². The third-order valence-corrected chi connectivity index (χ3v) is 2.48. The summed E-state index contributed by atoms with van der Waals surface area (Å²) in [6.45, 7) is 5.63. The second-order valence-corrected chi connectivity index (χ2v) is 4.12. The molecule has 15 heavy (non-hydrogen) atoms. The quantitative estimate of drug-likeness (QED) is 0.613. The van der Waals surface area contributed by atoms with Gasteiger partial charge < -0.3 is 9.84 Å². The van der Waals surface area contributed by atoms with Gasteiger partial charge in [0.2, 0.25) is 0 Å². The number of hydrogen-bond donors (Lipinski definition) is 1. The maximum Gasteiger partial charge on any atom is 0.316 e. The summed E-state index contributed by atoms with van der Waals surface area (Å²) >= 11 is 0. The molecule has 3 heteroatoms. The largest absolute Gasteiger partial charge is 0.508 e. The van der Waals surface area contributed by atoms with Crippen molar-refractivity contribution in [1.29, 1.82) is 0 Å². The maximum absolute atomic E-state index is 11.7. The molecule has 0 saturated carbocycles. The van der Waals surface area contributed by atoms with Gasteiger partial charge in [-0.15, -0.1) is 0 Å². The number of hydrogen-bond acceptors (Lipinski definition) is 3. The zero-order valence-electron chi connectivity index (χ0n) is 9.28. The second kappa shape index (κ2) is 4.34. The molecule has 0 amide bonds. The van der Waals surface area contributed by atoms with Gasteiger partial charge in [-0.3, -0.25) is 4.79 Å². The highest BCUT2D eigenvalue weighted by molar-refractivity contribution is 5.78. The summed E-state index contributed by atoms with van der Waals surface area (Å²) in [5.41, 5.74) is -0.474. The number of benzene rings is 1. The maximum atomic E-state index is 11.7. The standard InChI is InChI=1S/C12H16O3/c1-4-12(2,3)11(14)15-10-7-5-9(13)6-8-10/h5-8,13H,4H2,1-3H3. The van der Waals surface area contributed by atoms with Gasteiger partial charge in [-0.25, -0.2) is 0 Å². The molecule has 0 atom stereocenters. The molecule has 1 aromatic rings. The van der Waals surface area contributed by atoms with E-state index in [0.29, 0.717) is 5.75 Å². The van der Waals surface area contributed by atoms with Crippen LogP contribution in [0.4, 0.5) is 0 Å². The molecule has 0 saturated heterocycles. The van der Waals surface area contributed by atoms with Crippen LogP contribution in [0.3, 0.4) is 0 Å². The van der Waals surface area contributed by atoms with Crippen LogP contribution < -0.4 is 4.74 Å². The fourth-order valence-electron chi connectivity index (χ4n) is 0.904. The van der Waals surface area contributed by atoms with Crippen molar-refractivity contribution in [3.63, 3.8) is 0 Å². The minimum absolute atomic E-state index is 0.157. The Morgan fingerprint density at radius 3 is 2.33 bits per heavy atom. The van der Waals surface area contributed by atoms with Crippen molar-refractivity contribution in [1.82, 2.24) is 0 Å².